The zero-order valence-electron chi connectivity index (χ0n) is 13.9. The highest BCUT2D eigenvalue weighted by Gasteiger charge is 2.19. The van der Waals surface area contributed by atoms with E-state index >= 15 is 0 Å². The Morgan fingerprint density at radius 1 is 1.20 bits per heavy atom. The fraction of sp³-hybridized carbons (Fsp3) is 0.188. The first kappa shape index (κ1) is 18.4. The second-order valence-electron chi connectivity index (χ2n) is 5.23. The number of nitrogens with one attached hydrogen (secondary N) is 1. The van der Waals surface area contributed by atoms with Crippen LogP contribution in [0.1, 0.15) is 18.1 Å². The molecule has 0 unspecified atom stereocenters. The zero-order valence-corrected chi connectivity index (χ0v) is 14.7. The summed E-state index contributed by atoms with van der Waals surface area (Å²) >= 11 is 0. The molecule has 0 aliphatic carbocycles. The summed E-state index contributed by atoms with van der Waals surface area (Å²) in [6.07, 6.45) is 0. The van der Waals surface area contributed by atoms with Gasteiger partial charge in [0.1, 0.15) is 5.75 Å². The third kappa shape index (κ3) is 4.32. The maximum Gasteiger partial charge on any atom is 0.276 e. The molecule has 0 atom stereocenters. The van der Waals surface area contributed by atoms with Crippen LogP contribution in [0.5, 0.6) is 5.75 Å². The van der Waals surface area contributed by atoms with Crippen LogP contribution in [0.25, 0.3) is 0 Å². The van der Waals surface area contributed by atoms with E-state index in [-0.39, 0.29) is 10.6 Å². The maximum absolute atomic E-state index is 12.3. The number of hydrogen-bond acceptors (Lipinski definition) is 6. The van der Waals surface area contributed by atoms with Gasteiger partial charge in [0.05, 0.1) is 22.6 Å². The third-order valence-corrected chi connectivity index (χ3v) is 4.74. The Kier molecular flexibility index (Phi) is 5.38. The number of hydrazone groups is 1. The molecule has 1 N–H and O–H groups in total. The number of benzene rings is 2. The first-order valence-corrected chi connectivity index (χ1v) is 8.68. The molecule has 2 aromatic rings. The van der Waals surface area contributed by atoms with Crippen LogP contribution in [0.3, 0.4) is 0 Å². The van der Waals surface area contributed by atoms with E-state index in [4.69, 9.17) is 4.74 Å². The summed E-state index contributed by atoms with van der Waals surface area (Å²) in [6, 6.07) is 10.6. The molecular formula is C16H17N3O5S. The molecule has 132 valence electrons. The summed E-state index contributed by atoms with van der Waals surface area (Å²) in [7, 11) is -2.47. The van der Waals surface area contributed by atoms with Crippen molar-refractivity contribution in [2.75, 3.05) is 7.11 Å². The first-order valence-electron chi connectivity index (χ1n) is 7.20. The molecule has 0 radical (unpaired) electrons. The van der Waals surface area contributed by atoms with Gasteiger partial charge in [-0.2, -0.15) is 18.4 Å². The normalized spacial score (nSPS) is 11.9. The van der Waals surface area contributed by atoms with Crippen LogP contribution in [-0.2, 0) is 10.0 Å². The highest BCUT2D eigenvalue weighted by molar-refractivity contribution is 7.89. The predicted octanol–water partition coefficient (Wildman–Crippen LogP) is 2.61. The van der Waals surface area contributed by atoms with Gasteiger partial charge in [0, 0.05) is 11.6 Å². The fourth-order valence-corrected chi connectivity index (χ4v) is 2.91. The van der Waals surface area contributed by atoms with Gasteiger partial charge >= 0.3 is 0 Å². The monoisotopic (exact) mass is 363 g/mol. The lowest BCUT2D eigenvalue weighted by Crippen LogP contribution is -2.20. The second kappa shape index (κ2) is 7.31. The number of rotatable bonds is 6. The second-order valence-corrected chi connectivity index (χ2v) is 6.89. The molecule has 0 aromatic heterocycles. The minimum atomic E-state index is -4.02. The third-order valence-electron chi connectivity index (χ3n) is 3.53. The predicted molar refractivity (Wildman–Crippen MR) is 93.4 cm³/mol. The van der Waals surface area contributed by atoms with E-state index in [9.17, 15) is 18.5 Å². The van der Waals surface area contributed by atoms with Crippen molar-refractivity contribution in [2.24, 2.45) is 5.10 Å². The maximum atomic E-state index is 12.3. The van der Waals surface area contributed by atoms with Crippen LogP contribution >= 0.6 is 0 Å². The summed E-state index contributed by atoms with van der Waals surface area (Å²) in [6.45, 7) is 3.18. The summed E-state index contributed by atoms with van der Waals surface area (Å²) in [4.78, 5) is 12.2. The summed E-state index contributed by atoms with van der Waals surface area (Å²) < 4.78 is 29.6. The van der Waals surface area contributed by atoms with E-state index in [0.29, 0.717) is 22.6 Å². The van der Waals surface area contributed by atoms with Gasteiger partial charge in [-0.05, 0) is 49.7 Å². The van der Waals surface area contributed by atoms with Crippen LogP contribution in [0, 0.1) is 17.0 Å². The van der Waals surface area contributed by atoms with Crippen molar-refractivity contribution < 1.29 is 18.1 Å². The van der Waals surface area contributed by atoms with E-state index in [1.54, 1.807) is 38.3 Å². The first-order chi connectivity index (χ1) is 11.7. The largest absolute Gasteiger partial charge is 0.497 e. The van der Waals surface area contributed by atoms with Gasteiger partial charge in [0.25, 0.3) is 15.7 Å². The Hall–Kier alpha value is -2.94. The number of nitrogens with zero attached hydrogens (tertiary/aromatic N) is 2. The Balaban J connectivity index is 2.25. The molecule has 0 heterocycles. The quantitative estimate of drug-likeness (QED) is 0.482. The number of nitro groups is 1. The average Bonchev–Trinajstić information content (AvgIpc) is 2.59. The van der Waals surface area contributed by atoms with Crippen molar-refractivity contribution in [2.45, 2.75) is 18.7 Å². The number of sulfonamides is 1. The highest BCUT2D eigenvalue weighted by atomic mass is 32.2. The SMILES string of the molecule is COc1ccc(/C(C)=N/NS(=O)(=O)c2ccc(C)c([N+](=O)[O-])c2)cc1. The van der Waals surface area contributed by atoms with Crippen LogP contribution in [-0.4, -0.2) is 26.2 Å². The standard InChI is InChI=1S/C16H17N3O5S/c1-11-4-9-15(10-16(11)19(20)21)25(22,23)18-17-12(2)13-5-7-14(24-3)8-6-13/h4-10,18H,1-3H3/b17-12+. The van der Waals surface area contributed by atoms with Crippen molar-refractivity contribution in [3.05, 3.63) is 63.7 Å². The minimum absolute atomic E-state index is 0.226. The molecule has 2 aromatic carbocycles. The van der Waals surface area contributed by atoms with E-state index in [1.807, 2.05) is 0 Å². The molecule has 0 fully saturated rings. The smallest absolute Gasteiger partial charge is 0.276 e. The molecular weight excluding hydrogens is 346 g/mol. The minimum Gasteiger partial charge on any atom is -0.497 e. The molecule has 2 rings (SSSR count). The van der Waals surface area contributed by atoms with Crippen molar-refractivity contribution in [1.82, 2.24) is 4.83 Å². The number of aryl methyl sites for hydroxylation is 1. The zero-order chi connectivity index (χ0) is 18.6. The van der Waals surface area contributed by atoms with Crippen molar-refractivity contribution in [3.63, 3.8) is 0 Å². The molecule has 0 bridgehead atoms. The summed E-state index contributed by atoms with van der Waals surface area (Å²) in [5, 5.41) is 14.8. The topological polar surface area (TPSA) is 111 Å². The lowest BCUT2D eigenvalue weighted by Gasteiger charge is -2.07. The lowest BCUT2D eigenvalue weighted by atomic mass is 10.1. The van der Waals surface area contributed by atoms with Crippen LogP contribution in [0.15, 0.2) is 52.5 Å². The van der Waals surface area contributed by atoms with Gasteiger partial charge in [-0.3, -0.25) is 10.1 Å². The van der Waals surface area contributed by atoms with Gasteiger partial charge < -0.3 is 4.74 Å². The highest BCUT2D eigenvalue weighted by Crippen LogP contribution is 2.22. The Labute approximate surface area is 145 Å². The molecule has 8 nitrogen and oxygen atoms in total. The summed E-state index contributed by atoms with van der Waals surface area (Å²) in [5.74, 6) is 0.670. The fourth-order valence-electron chi connectivity index (χ4n) is 2.03. The van der Waals surface area contributed by atoms with Crippen molar-refractivity contribution >= 4 is 21.4 Å². The van der Waals surface area contributed by atoms with Crippen LogP contribution in [0.4, 0.5) is 5.69 Å². The van der Waals surface area contributed by atoms with E-state index in [2.05, 4.69) is 9.93 Å². The van der Waals surface area contributed by atoms with E-state index in [0.717, 1.165) is 6.07 Å². The Bertz CT molecular complexity index is 921. The molecule has 25 heavy (non-hydrogen) atoms. The molecule has 0 spiro atoms. The molecule has 0 amide bonds. The molecule has 0 saturated carbocycles. The van der Waals surface area contributed by atoms with E-state index in [1.165, 1.54) is 19.1 Å². The molecule has 0 aliphatic rings. The van der Waals surface area contributed by atoms with Gasteiger partial charge in [-0.15, -0.1) is 0 Å². The number of methoxy groups -OCH3 is 1. The summed E-state index contributed by atoms with van der Waals surface area (Å²) in [5.41, 5.74) is 1.26. The Morgan fingerprint density at radius 3 is 2.40 bits per heavy atom. The van der Waals surface area contributed by atoms with Gasteiger partial charge in [0.15, 0.2) is 0 Å². The van der Waals surface area contributed by atoms with Crippen molar-refractivity contribution in [3.8, 4) is 5.75 Å². The van der Waals surface area contributed by atoms with Gasteiger partial charge in [0.2, 0.25) is 0 Å². The lowest BCUT2D eigenvalue weighted by molar-refractivity contribution is -0.385. The number of ether oxygens (including phenoxy) is 1. The number of hydrogen-bond donors (Lipinski definition) is 1. The van der Waals surface area contributed by atoms with Crippen LogP contribution in [0.2, 0.25) is 0 Å². The number of nitro benzene ring substituents is 1. The van der Waals surface area contributed by atoms with Gasteiger partial charge in [-0.25, -0.2) is 0 Å². The van der Waals surface area contributed by atoms with Gasteiger partial charge in [-0.1, -0.05) is 6.07 Å². The van der Waals surface area contributed by atoms with E-state index < -0.39 is 14.9 Å². The Morgan fingerprint density at radius 2 is 1.84 bits per heavy atom. The molecule has 0 aliphatic heterocycles. The molecule has 0 saturated heterocycles. The van der Waals surface area contributed by atoms with Crippen molar-refractivity contribution in [1.29, 1.82) is 0 Å². The average molecular weight is 363 g/mol. The van der Waals surface area contributed by atoms with Crippen LogP contribution < -0.4 is 9.57 Å². The molecule has 9 heteroatoms.